The van der Waals surface area contributed by atoms with Crippen molar-refractivity contribution in [1.29, 1.82) is 0 Å². The second kappa shape index (κ2) is 5.56. The van der Waals surface area contributed by atoms with Gasteiger partial charge in [0.05, 0.1) is 10.7 Å². The summed E-state index contributed by atoms with van der Waals surface area (Å²) in [7, 11) is -3.53. The first-order valence-electron chi connectivity index (χ1n) is 4.90. The number of nitro benzene ring substituents is 1. The zero-order valence-corrected chi connectivity index (χ0v) is 10.2. The quantitative estimate of drug-likeness (QED) is 0.586. The number of nitrogens with one attached hydrogen (secondary N) is 2. The van der Waals surface area contributed by atoms with E-state index >= 15 is 0 Å². The van der Waals surface area contributed by atoms with Crippen molar-refractivity contribution in [3.05, 3.63) is 39.9 Å². The molecule has 2 N–H and O–H groups in total. The maximum Gasteiger partial charge on any atom is 0.269 e. The number of amides is 1. The molecule has 0 aliphatic rings. The number of hydrogen-bond acceptors (Lipinski definition) is 5. The van der Waals surface area contributed by atoms with Crippen LogP contribution in [0.5, 0.6) is 0 Å². The molecule has 1 aromatic rings. The zero-order valence-electron chi connectivity index (χ0n) is 9.41. The third-order valence-electron chi connectivity index (χ3n) is 2.04. The largest absolute Gasteiger partial charge is 0.274 e. The van der Waals surface area contributed by atoms with E-state index in [9.17, 15) is 23.3 Å². The highest BCUT2D eigenvalue weighted by Gasteiger charge is 2.11. The minimum absolute atomic E-state index is 0.111. The number of nitro groups is 1. The number of non-ortho nitro benzene ring substituents is 1. The normalized spacial score (nSPS) is 10.9. The highest BCUT2D eigenvalue weighted by molar-refractivity contribution is 7.89. The Morgan fingerprint density at radius 3 is 2.33 bits per heavy atom. The molecule has 0 radical (unpaired) electrons. The van der Waals surface area contributed by atoms with Crippen molar-refractivity contribution in [2.45, 2.75) is 6.92 Å². The summed E-state index contributed by atoms with van der Waals surface area (Å²) in [5.41, 5.74) is 1.95. The second-order valence-electron chi connectivity index (χ2n) is 3.26. The molecule has 0 saturated carbocycles. The molecule has 1 aromatic carbocycles. The van der Waals surface area contributed by atoms with Crippen LogP contribution in [0.2, 0.25) is 0 Å². The molecular weight excluding hydrogens is 262 g/mol. The van der Waals surface area contributed by atoms with Crippen LogP contribution in [0.3, 0.4) is 0 Å². The second-order valence-corrected chi connectivity index (χ2v) is 5.27. The number of hydrazine groups is 1. The summed E-state index contributed by atoms with van der Waals surface area (Å²) in [4.78, 5) is 23.2. The van der Waals surface area contributed by atoms with Crippen molar-refractivity contribution >= 4 is 21.6 Å². The van der Waals surface area contributed by atoms with Crippen LogP contribution in [0.4, 0.5) is 5.69 Å². The van der Waals surface area contributed by atoms with Crippen LogP contribution >= 0.6 is 0 Å². The van der Waals surface area contributed by atoms with E-state index in [1.54, 1.807) is 0 Å². The van der Waals surface area contributed by atoms with Gasteiger partial charge in [-0.25, -0.2) is 8.42 Å². The monoisotopic (exact) mass is 273 g/mol. The first-order chi connectivity index (χ1) is 8.35. The third kappa shape index (κ3) is 3.79. The molecule has 98 valence electrons. The molecular formula is C9H11N3O5S. The summed E-state index contributed by atoms with van der Waals surface area (Å²) >= 11 is 0. The van der Waals surface area contributed by atoms with Crippen molar-refractivity contribution in [3.63, 3.8) is 0 Å². The Bertz CT molecular complexity index is 552. The van der Waals surface area contributed by atoms with Gasteiger partial charge in [-0.3, -0.25) is 20.3 Å². The number of carbonyl (C=O) groups excluding carboxylic acids is 1. The fourth-order valence-electron chi connectivity index (χ4n) is 1.00. The van der Waals surface area contributed by atoms with Gasteiger partial charge in [0.1, 0.15) is 0 Å². The lowest BCUT2D eigenvalue weighted by Crippen LogP contribution is -2.42. The van der Waals surface area contributed by atoms with Gasteiger partial charge >= 0.3 is 0 Å². The fourth-order valence-corrected chi connectivity index (χ4v) is 1.40. The van der Waals surface area contributed by atoms with Crippen molar-refractivity contribution in [2.24, 2.45) is 0 Å². The predicted octanol–water partition coefficient (Wildman–Crippen LogP) is 0.179. The van der Waals surface area contributed by atoms with Crippen LogP contribution < -0.4 is 10.3 Å². The molecule has 0 bridgehead atoms. The number of benzene rings is 1. The van der Waals surface area contributed by atoms with Crippen molar-refractivity contribution in [3.8, 4) is 0 Å². The average Bonchev–Trinajstić information content (AvgIpc) is 2.36. The minimum Gasteiger partial charge on any atom is -0.274 e. The number of carbonyl (C=O) groups is 1. The standard InChI is InChI=1S/C9H11N3O5S/c1-2-18(16,17)11-10-9(13)7-3-5-8(6-4-7)12(14)15/h3-6,11H,2H2,1H3,(H,10,13). The summed E-state index contributed by atoms with van der Waals surface area (Å²) in [6.07, 6.45) is 0. The topological polar surface area (TPSA) is 118 Å². The molecule has 0 unspecified atom stereocenters. The summed E-state index contributed by atoms with van der Waals surface area (Å²) in [6, 6.07) is 4.77. The van der Waals surface area contributed by atoms with Gasteiger partial charge in [-0.15, -0.1) is 4.83 Å². The SMILES string of the molecule is CCS(=O)(=O)NNC(=O)c1ccc([N+](=O)[O-])cc1. The van der Waals surface area contributed by atoms with E-state index in [4.69, 9.17) is 0 Å². The summed E-state index contributed by atoms with van der Waals surface area (Å²) in [6.45, 7) is 1.42. The molecule has 8 nitrogen and oxygen atoms in total. The van der Waals surface area contributed by atoms with Crippen LogP contribution in [0.15, 0.2) is 24.3 Å². The van der Waals surface area contributed by atoms with E-state index in [1.807, 2.05) is 10.3 Å². The molecule has 0 aromatic heterocycles. The highest BCUT2D eigenvalue weighted by Crippen LogP contribution is 2.11. The fraction of sp³-hybridized carbons (Fsp3) is 0.222. The summed E-state index contributed by atoms with van der Waals surface area (Å²) in [5, 5.41) is 10.4. The molecule has 0 heterocycles. The Balaban J connectivity index is 2.71. The maximum absolute atomic E-state index is 11.5. The summed E-state index contributed by atoms with van der Waals surface area (Å²) in [5.74, 6) is -0.866. The van der Waals surface area contributed by atoms with Gasteiger partial charge < -0.3 is 0 Å². The zero-order chi connectivity index (χ0) is 13.8. The van der Waals surface area contributed by atoms with E-state index in [-0.39, 0.29) is 17.0 Å². The number of nitrogens with zero attached hydrogens (tertiary/aromatic N) is 1. The van der Waals surface area contributed by atoms with Crippen LogP contribution in [-0.4, -0.2) is 25.0 Å². The van der Waals surface area contributed by atoms with Crippen LogP contribution in [0, 0.1) is 10.1 Å². The van der Waals surface area contributed by atoms with Crippen molar-refractivity contribution in [2.75, 3.05) is 5.75 Å². The molecule has 0 fully saturated rings. The Morgan fingerprint density at radius 1 is 1.33 bits per heavy atom. The first-order valence-corrected chi connectivity index (χ1v) is 6.55. The smallest absolute Gasteiger partial charge is 0.269 e. The molecule has 9 heteroatoms. The van der Waals surface area contributed by atoms with Gasteiger partial charge in [0, 0.05) is 17.7 Å². The Hall–Kier alpha value is -2.00. The van der Waals surface area contributed by atoms with Crippen molar-refractivity contribution in [1.82, 2.24) is 10.3 Å². The molecule has 1 rings (SSSR count). The Morgan fingerprint density at radius 2 is 1.89 bits per heavy atom. The average molecular weight is 273 g/mol. The van der Waals surface area contributed by atoms with E-state index in [1.165, 1.54) is 19.1 Å². The van der Waals surface area contributed by atoms with Gasteiger partial charge in [-0.05, 0) is 19.1 Å². The lowest BCUT2D eigenvalue weighted by Gasteiger charge is -2.06. The highest BCUT2D eigenvalue weighted by atomic mass is 32.2. The molecule has 0 atom stereocenters. The van der Waals surface area contributed by atoms with E-state index in [2.05, 4.69) is 0 Å². The molecule has 0 spiro atoms. The lowest BCUT2D eigenvalue weighted by atomic mass is 10.2. The van der Waals surface area contributed by atoms with Gasteiger partial charge in [-0.2, -0.15) is 0 Å². The van der Waals surface area contributed by atoms with Gasteiger partial charge in [0.15, 0.2) is 0 Å². The van der Waals surface area contributed by atoms with E-state index < -0.39 is 20.9 Å². The summed E-state index contributed by atoms with van der Waals surface area (Å²) < 4.78 is 22.1. The molecule has 0 aliphatic heterocycles. The van der Waals surface area contributed by atoms with Gasteiger partial charge in [0.2, 0.25) is 10.0 Å². The van der Waals surface area contributed by atoms with Gasteiger partial charge in [-0.1, -0.05) is 0 Å². The number of hydrogen-bond donors (Lipinski definition) is 2. The first kappa shape index (κ1) is 14.1. The van der Waals surface area contributed by atoms with Gasteiger partial charge in [0.25, 0.3) is 11.6 Å². The predicted molar refractivity (Wildman–Crippen MR) is 63.2 cm³/mol. The van der Waals surface area contributed by atoms with Crippen LogP contribution in [0.1, 0.15) is 17.3 Å². The van der Waals surface area contributed by atoms with Crippen LogP contribution in [0.25, 0.3) is 0 Å². The maximum atomic E-state index is 11.5. The van der Waals surface area contributed by atoms with E-state index in [0.717, 1.165) is 12.1 Å². The molecule has 0 aliphatic carbocycles. The number of rotatable bonds is 5. The number of sulfonamides is 1. The van der Waals surface area contributed by atoms with Crippen molar-refractivity contribution < 1.29 is 18.1 Å². The molecule has 1 amide bonds. The van der Waals surface area contributed by atoms with Crippen LogP contribution in [-0.2, 0) is 10.0 Å². The Labute approximate surface area is 103 Å². The molecule has 0 saturated heterocycles. The Kier molecular flexibility index (Phi) is 4.34. The minimum atomic E-state index is -3.53. The lowest BCUT2D eigenvalue weighted by molar-refractivity contribution is -0.384. The third-order valence-corrected chi connectivity index (χ3v) is 3.21. The van der Waals surface area contributed by atoms with E-state index in [0.29, 0.717) is 0 Å². The molecule has 18 heavy (non-hydrogen) atoms.